The summed E-state index contributed by atoms with van der Waals surface area (Å²) in [7, 11) is 0. The van der Waals surface area contributed by atoms with Gasteiger partial charge in [-0.1, -0.05) is 15.9 Å². The molecule has 3 aromatic rings. The minimum atomic E-state index is 0.570. The third-order valence-electron chi connectivity index (χ3n) is 2.90. The maximum absolute atomic E-state index is 8.96. The molecule has 1 heterocycles. The zero-order valence-electron chi connectivity index (χ0n) is 10.1. The summed E-state index contributed by atoms with van der Waals surface area (Å²) in [6, 6.07) is 13.4. The molecule has 0 saturated heterocycles. The van der Waals surface area contributed by atoms with E-state index in [9.17, 15) is 0 Å². The van der Waals surface area contributed by atoms with E-state index in [1.165, 1.54) is 0 Å². The Hall–Kier alpha value is -2.12. The molecular formula is C15H9BrN2O. The Morgan fingerprint density at radius 1 is 1.21 bits per heavy atom. The van der Waals surface area contributed by atoms with Crippen LogP contribution in [0.1, 0.15) is 11.1 Å². The van der Waals surface area contributed by atoms with Crippen molar-refractivity contribution in [3.63, 3.8) is 0 Å². The number of nitriles is 1. The second-order valence-electron chi connectivity index (χ2n) is 4.28. The molecule has 0 amide bonds. The van der Waals surface area contributed by atoms with E-state index in [0.29, 0.717) is 11.5 Å². The minimum Gasteiger partial charge on any atom is -0.436 e. The lowest BCUT2D eigenvalue weighted by Crippen LogP contribution is -1.79. The molecule has 0 saturated carbocycles. The Kier molecular flexibility index (Phi) is 2.84. The van der Waals surface area contributed by atoms with Gasteiger partial charge in [0.25, 0.3) is 0 Å². The molecule has 0 aliphatic heterocycles. The third kappa shape index (κ3) is 2.13. The average Bonchev–Trinajstić information content (AvgIpc) is 2.84. The fourth-order valence-electron chi connectivity index (χ4n) is 1.98. The summed E-state index contributed by atoms with van der Waals surface area (Å²) in [6.07, 6.45) is 0. The lowest BCUT2D eigenvalue weighted by atomic mass is 10.1. The predicted molar refractivity (Wildman–Crippen MR) is 76.6 cm³/mol. The van der Waals surface area contributed by atoms with Crippen LogP contribution in [0.2, 0.25) is 0 Å². The summed E-state index contributed by atoms with van der Waals surface area (Å²) in [5.74, 6) is 0.570. The Morgan fingerprint density at radius 3 is 2.63 bits per heavy atom. The number of hydrogen-bond donors (Lipinski definition) is 0. The highest BCUT2D eigenvalue weighted by molar-refractivity contribution is 9.10. The fraction of sp³-hybridized carbons (Fsp3) is 0.0667. The van der Waals surface area contributed by atoms with Gasteiger partial charge in [0.2, 0.25) is 5.89 Å². The first-order valence-electron chi connectivity index (χ1n) is 5.74. The maximum Gasteiger partial charge on any atom is 0.227 e. The van der Waals surface area contributed by atoms with Crippen molar-refractivity contribution < 1.29 is 4.42 Å². The van der Waals surface area contributed by atoms with E-state index in [-0.39, 0.29) is 0 Å². The van der Waals surface area contributed by atoms with Gasteiger partial charge in [-0.25, -0.2) is 4.98 Å². The second kappa shape index (κ2) is 4.52. The molecule has 0 radical (unpaired) electrons. The predicted octanol–water partition coefficient (Wildman–Crippen LogP) is 4.44. The molecule has 0 atom stereocenters. The molecule has 1 aromatic heterocycles. The highest BCUT2D eigenvalue weighted by Gasteiger charge is 2.11. The SMILES string of the molecule is Cc1cc(C#N)cc2nc(-c3ccc(Br)cc3)oc12. The van der Waals surface area contributed by atoms with Crippen molar-refractivity contribution >= 4 is 27.0 Å². The van der Waals surface area contributed by atoms with Crippen LogP contribution in [0.4, 0.5) is 0 Å². The van der Waals surface area contributed by atoms with Crippen molar-refractivity contribution in [3.8, 4) is 17.5 Å². The summed E-state index contributed by atoms with van der Waals surface area (Å²) in [6.45, 7) is 1.92. The summed E-state index contributed by atoms with van der Waals surface area (Å²) in [4.78, 5) is 4.45. The quantitative estimate of drug-likeness (QED) is 0.667. The molecule has 92 valence electrons. The van der Waals surface area contributed by atoms with Gasteiger partial charge in [0, 0.05) is 10.0 Å². The van der Waals surface area contributed by atoms with Crippen LogP contribution in [0, 0.1) is 18.3 Å². The monoisotopic (exact) mass is 312 g/mol. The molecule has 3 nitrogen and oxygen atoms in total. The Labute approximate surface area is 118 Å². The molecular weight excluding hydrogens is 304 g/mol. The van der Waals surface area contributed by atoms with Crippen LogP contribution >= 0.6 is 15.9 Å². The number of benzene rings is 2. The minimum absolute atomic E-state index is 0.570. The zero-order chi connectivity index (χ0) is 13.4. The first-order valence-corrected chi connectivity index (χ1v) is 6.54. The highest BCUT2D eigenvalue weighted by Crippen LogP contribution is 2.28. The van der Waals surface area contributed by atoms with Gasteiger partial charge in [-0.2, -0.15) is 5.26 Å². The summed E-state index contributed by atoms with van der Waals surface area (Å²) in [5.41, 5.74) is 3.88. The second-order valence-corrected chi connectivity index (χ2v) is 5.19. The van der Waals surface area contributed by atoms with Gasteiger partial charge in [0.05, 0.1) is 11.6 Å². The molecule has 3 rings (SSSR count). The average molecular weight is 313 g/mol. The van der Waals surface area contributed by atoms with Crippen LogP contribution in [0.5, 0.6) is 0 Å². The molecule has 4 heteroatoms. The van der Waals surface area contributed by atoms with Gasteiger partial charge in [-0.05, 0) is 48.9 Å². The molecule has 0 unspecified atom stereocenters. The van der Waals surface area contributed by atoms with Crippen molar-refractivity contribution in [2.45, 2.75) is 6.92 Å². The number of fused-ring (bicyclic) bond motifs is 1. The maximum atomic E-state index is 8.96. The van der Waals surface area contributed by atoms with Crippen LogP contribution in [-0.4, -0.2) is 4.98 Å². The van der Waals surface area contributed by atoms with E-state index in [1.54, 1.807) is 12.1 Å². The summed E-state index contributed by atoms with van der Waals surface area (Å²) in [5, 5.41) is 8.96. The number of aromatic nitrogens is 1. The summed E-state index contributed by atoms with van der Waals surface area (Å²) < 4.78 is 6.80. The number of nitrogens with zero attached hydrogens (tertiary/aromatic N) is 2. The summed E-state index contributed by atoms with van der Waals surface area (Å²) >= 11 is 3.40. The van der Waals surface area contributed by atoms with Crippen LogP contribution < -0.4 is 0 Å². The number of halogens is 1. The Morgan fingerprint density at radius 2 is 1.95 bits per heavy atom. The molecule has 0 spiro atoms. The van der Waals surface area contributed by atoms with Gasteiger partial charge < -0.3 is 4.42 Å². The van der Waals surface area contributed by atoms with Crippen LogP contribution in [0.3, 0.4) is 0 Å². The lowest BCUT2D eigenvalue weighted by molar-refractivity contribution is 0.617. The Bertz CT molecular complexity index is 797. The zero-order valence-corrected chi connectivity index (χ0v) is 11.7. The van der Waals surface area contributed by atoms with E-state index in [1.807, 2.05) is 31.2 Å². The number of aryl methyl sites for hydroxylation is 1. The molecule has 0 N–H and O–H groups in total. The number of rotatable bonds is 1. The van der Waals surface area contributed by atoms with Gasteiger partial charge in [0.1, 0.15) is 5.52 Å². The van der Waals surface area contributed by atoms with Crippen molar-refractivity contribution in [2.24, 2.45) is 0 Å². The largest absolute Gasteiger partial charge is 0.436 e. The van der Waals surface area contributed by atoms with Crippen LogP contribution in [0.15, 0.2) is 45.3 Å². The van der Waals surface area contributed by atoms with Crippen molar-refractivity contribution in [3.05, 3.63) is 52.0 Å². The molecule has 0 fully saturated rings. The van der Waals surface area contributed by atoms with Gasteiger partial charge >= 0.3 is 0 Å². The van der Waals surface area contributed by atoms with Crippen LogP contribution in [-0.2, 0) is 0 Å². The van der Waals surface area contributed by atoms with E-state index >= 15 is 0 Å². The first-order chi connectivity index (χ1) is 9.17. The van der Waals surface area contributed by atoms with E-state index in [4.69, 9.17) is 9.68 Å². The fourth-order valence-corrected chi connectivity index (χ4v) is 2.24. The standard InChI is InChI=1S/C15H9BrN2O/c1-9-6-10(8-17)7-13-14(9)19-15(18-13)11-2-4-12(16)5-3-11/h2-7H,1H3. The number of hydrogen-bond acceptors (Lipinski definition) is 3. The number of oxazole rings is 1. The van der Waals surface area contributed by atoms with Gasteiger partial charge in [0.15, 0.2) is 5.58 Å². The van der Waals surface area contributed by atoms with E-state index in [2.05, 4.69) is 27.0 Å². The molecule has 0 bridgehead atoms. The highest BCUT2D eigenvalue weighted by atomic mass is 79.9. The lowest BCUT2D eigenvalue weighted by Gasteiger charge is -1.95. The first kappa shape index (κ1) is 11.9. The van der Waals surface area contributed by atoms with E-state index in [0.717, 1.165) is 26.7 Å². The van der Waals surface area contributed by atoms with Gasteiger partial charge in [-0.3, -0.25) is 0 Å². The molecule has 19 heavy (non-hydrogen) atoms. The van der Waals surface area contributed by atoms with Crippen molar-refractivity contribution in [1.29, 1.82) is 5.26 Å². The molecule has 2 aromatic carbocycles. The smallest absolute Gasteiger partial charge is 0.227 e. The van der Waals surface area contributed by atoms with E-state index < -0.39 is 0 Å². The van der Waals surface area contributed by atoms with Crippen molar-refractivity contribution in [2.75, 3.05) is 0 Å². The normalized spacial score (nSPS) is 10.6. The topological polar surface area (TPSA) is 49.8 Å². The molecule has 0 aliphatic carbocycles. The van der Waals surface area contributed by atoms with Crippen molar-refractivity contribution in [1.82, 2.24) is 4.98 Å². The van der Waals surface area contributed by atoms with Gasteiger partial charge in [-0.15, -0.1) is 0 Å². The third-order valence-corrected chi connectivity index (χ3v) is 3.42. The molecule has 0 aliphatic rings. The van der Waals surface area contributed by atoms with Crippen LogP contribution in [0.25, 0.3) is 22.6 Å². The Balaban J connectivity index is 2.19.